The second-order valence-electron chi connectivity index (χ2n) is 4.87. The molecule has 0 heterocycles. The van der Waals surface area contributed by atoms with Crippen molar-refractivity contribution >= 4 is 12.4 Å². The van der Waals surface area contributed by atoms with Gasteiger partial charge in [0, 0.05) is 0 Å². The van der Waals surface area contributed by atoms with E-state index in [1.54, 1.807) is 0 Å². The molecule has 0 spiro atoms. The highest BCUT2D eigenvalue weighted by molar-refractivity contribution is 5.80. The third kappa shape index (κ3) is 3.06. The molecular formula is C15H20O. The normalized spacial score (nSPS) is 12.6. The van der Waals surface area contributed by atoms with Gasteiger partial charge in [-0.1, -0.05) is 45.0 Å². The monoisotopic (exact) mass is 216 g/mol. The molecule has 1 rings (SSSR count). The Hall–Kier alpha value is -1.37. The molecule has 0 saturated carbocycles. The molecule has 1 nitrogen and oxygen atoms in total. The van der Waals surface area contributed by atoms with E-state index >= 15 is 0 Å². The number of aldehydes is 1. The summed E-state index contributed by atoms with van der Waals surface area (Å²) in [6, 6.07) is 8.43. The van der Waals surface area contributed by atoms with Crippen molar-refractivity contribution in [2.75, 3.05) is 0 Å². The SMILES string of the molecule is CCC(C)(C)c1ccc(C=C(C)C=O)cc1. The molecule has 0 fully saturated rings. The van der Waals surface area contributed by atoms with E-state index in [2.05, 4.69) is 45.0 Å². The lowest BCUT2D eigenvalue weighted by molar-refractivity contribution is -0.104. The Morgan fingerprint density at radius 1 is 1.25 bits per heavy atom. The van der Waals surface area contributed by atoms with E-state index in [0.717, 1.165) is 23.8 Å². The van der Waals surface area contributed by atoms with Crippen molar-refractivity contribution in [2.45, 2.75) is 39.5 Å². The zero-order valence-electron chi connectivity index (χ0n) is 10.6. The Kier molecular flexibility index (Phi) is 4.05. The molecule has 1 heteroatoms. The van der Waals surface area contributed by atoms with Crippen LogP contribution in [0.3, 0.4) is 0 Å². The van der Waals surface area contributed by atoms with Crippen molar-refractivity contribution < 1.29 is 4.79 Å². The van der Waals surface area contributed by atoms with E-state index in [-0.39, 0.29) is 5.41 Å². The van der Waals surface area contributed by atoms with E-state index in [1.807, 2.05) is 13.0 Å². The Balaban J connectivity index is 2.96. The Morgan fingerprint density at radius 3 is 2.25 bits per heavy atom. The topological polar surface area (TPSA) is 17.1 Å². The van der Waals surface area contributed by atoms with E-state index < -0.39 is 0 Å². The fraction of sp³-hybridized carbons (Fsp3) is 0.400. The summed E-state index contributed by atoms with van der Waals surface area (Å²) in [6.07, 6.45) is 3.90. The van der Waals surface area contributed by atoms with Gasteiger partial charge in [0.25, 0.3) is 0 Å². The van der Waals surface area contributed by atoms with Crippen LogP contribution in [-0.2, 0) is 10.2 Å². The van der Waals surface area contributed by atoms with Gasteiger partial charge in [-0.3, -0.25) is 4.79 Å². The van der Waals surface area contributed by atoms with Gasteiger partial charge in [0.1, 0.15) is 6.29 Å². The second kappa shape index (κ2) is 5.11. The number of carbonyl (C=O) groups is 1. The first kappa shape index (κ1) is 12.7. The van der Waals surface area contributed by atoms with Gasteiger partial charge in [0.2, 0.25) is 0 Å². The van der Waals surface area contributed by atoms with Crippen molar-refractivity contribution in [1.82, 2.24) is 0 Å². The quantitative estimate of drug-likeness (QED) is 0.549. The third-order valence-corrected chi connectivity index (χ3v) is 3.16. The lowest BCUT2D eigenvalue weighted by Gasteiger charge is -2.23. The van der Waals surface area contributed by atoms with Crippen molar-refractivity contribution in [3.05, 3.63) is 41.0 Å². The Bertz CT molecular complexity index is 382. The maximum Gasteiger partial charge on any atom is 0.145 e. The number of allylic oxidation sites excluding steroid dienone is 1. The van der Waals surface area contributed by atoms with E-state index in [9.17, 15) is 4.79 Å². The minimum atomic E-state index is 0.224. The molecular weight excluding hydrogens is 196 g/mol. The maximum absolute atomic E-state index is 10.5. The fourth-order valence-electron chi connectivity index (χ4n) is 1.53. The summed E-state index contributed by atoms with van der Waals surface area (Å²) in [5, 5.41) is 0. The predicted octanol–water partition coefficient (Wildman–Crippen LogP) is 3.98. The van der Waals surface area contributed by atoms with Crippen molar-refractivity contribution in [3.63, 3.8) is 0 Å². The summed E-state index contributed by atoms with van der Waals surface area (Å²) in [4.78, 5) is 10.5. The van der Waals surface area contributed by atoms with Crippen LogP contribution < -0.4 is 0 Å². The molecule has 0 atom stereocenters. The first-order valence-electron chi connectivity index (χ1n) is 5.73. The van der Waals surface area contributed by atoms with Gasteiger partial charge in [-0.05, 0) is 41.5 Å². The number of benzene rings is 1. The predicted molar refractivity (Wildman–Crippen MR) is 69.5 cm³/mol. The highest BCUT2D eigenvalue weighted by Crippen LogP contribution is 2.26. The van der Waals surface area contributed by atoms with Gasteiger partial charge in [0.15, 0.2) is 0 Å². The van der Waals surface area contributed by atoms with Crippen molar-refractivity contribution in [2.24, 2.45) is 0 Å². The van der Waals surface area contributed by atoms with Crippen LogP contribution in [-0.4, -0.2) is 6.29 Å². The Morgan fingerprint density at radius 2 is 1.81 bits per heavy atom. The average Bonchev–Trinajstić information content (AvgIpc) is 2.29. The van der Waals surface area contributed by atoms with Gasteiger partial charge < -0.3 is 0 Å². The van der Waals surface area contributed by atoms with Crippen LogP contribution >= 0.6 is 0 Å². The summed E-state index contributed by atoms with van der Waals surface area (Å²) >= 11 is 0. The van der Waals surface area contributed by atoms with Crippen LogP contribution in [0.1, 0.15) is 45.2 Å². The van der Waals surface area contributed by atoms with Gasteiger partial charge in [-0.15, -0.1) is 0 Å². The number of rotatable bonds is 4. The van der Waals surface area contributed by atoms with Crippen LogP contribution in [0.25, 0.3) is 6.08 Å². The summed E-state index contributed by atoms with van der Waals surface area (Å²) in [5.74, 6) is 0. The molecule has 0 N–H and O–H groups in total. The van der Waals surface area contributed by atoms with Crippen LogP contribution in [0.2, 0.25) is 0 Å². The molecule has 0 saturated heterocycles. The van der Waals surface area contributed by atoms with Gasteiger partial charge in [-0.25, -0.2) is 0 Å². The fourth-order valence-corrected chi connectivity index (χ4v) is 1.53. The minimum Gasteiger partial charge on any atom is -0.298 e. The molecule has 0 radical (unpaired) electrons. The molecule has 0 aliphatic heterocycles. The summed E-state index contributed by atoms with van der Waals surface area (Å²) in [7, 11) is 0. The van der Waals surface area contributed by atoms with Gasteiger partial charge in [-0.2, -0.15) is 0 Å². The first-order valence-corrected chi connectivity index (χ1v) is 5.73. The zero-order chi connectivity index (χ0) is 12.2. The third-order valence-electron chi connectivity index (χ3n) is 3.16. The molecule has 86 valence electrons. The summed E-state index contributed by atoms with van der Waals surface area (Å²) in [6.45, 7) is 8.50. The number of hydrogen-bond donors (Lipinski definition) is 0. The standard InChI is InChI=1S/C15H20O/c1-5-15(3,4)14-8-6-13(7-9-14)10-12(2)11-16/h6-11H,5H2,1-4H3. The summed E-state index contributed by atoms with van der Waals surface area (Å²) < 4.78 is 0. The lowest BCUT2D eigenvalue weighted by Crippen LogP contribution is -2.14. The van der Waals surface area contributed by atoms with E-state index in [1.165, 1.54) is 5.56 Å². The molecule has 0 bridgehead atoms. The molecule has 0 aromatic heterocycles. The molecule has 1 aromatic carbocycles. The number of hydrogen-bond acceptors (Lipinski definition) is 1. The van der Waals surface area contributed by atoms with Gasteiger partial charge in [0.05, 0.1) is 0 Å². The van der Waals surface area contributed by atoms with Crippen molar-refractivity contribution in [3.8, 4) is 0 Å². The zero-order valence-corrected chi connectivity index (χ0v) is 10.6. The highest BCUT2D eigenvalue weighted by atomic mass is 16.1. The summed E-state index contributed by atoms with van der Waals surface area (Å²) in [5.41, 5.74) is 3.40. The smallest absolute Gasteiger partial charge is 0.145 e. The van der Waals surface area contributed by atoms with Crippen molar-refractivity contribution in [1.29, 1.82) is 0 Å². The molecule has 0 aliphatic rings. The van der Waals surface area contributed by atoms with Crippen LogP contribution in [0.4, 0.5) is 0 Å². The van der Waals surface area contributed by atoms with Crippen LogP contribution in [0.15, 0.2) is 29.8 Å². The molecule has 16 heavy (non-hydrogen) atoms. The minimum absolute atomic E-state index is 0.224. The second-order valence-corrected chi connectivity index (χ2v) is 4.87. The van der Waals surface area contributed by atoms with Crippen LogP contribution in [0.5, 0.6) is 0 Å². The first-order chi connectivity index (χ1) is 7.49. The average molecular weight is 216 g/mol. The van der Waals surface area contributed by atoms with Gasteiger partial charge >= 0.3 is 0 Å². The lowest BCUT2D eigenvalue weighted by atomic mass is 9.82. The Labute approximate surface area is 98.2 Å². The number of carbonyl (C=O) groups excluding carboxylic acids is 1. The highest BCUT2D eigenvalue weighted by Gasteiger charge is 2.17. The molecule has 0 unspecified atom stereocenters. The molecule has 1 aromatic rings. The molecule has 0 aliphatic carbocycles. The van der Waals surface area contributed by atoms with Crippen LogP contribution in [0, 0.1) is 0 Å². The van der Waals surface area contributed by atoms with E-state index in [0.29, 0.717) is 0 Å². The largest absolute Gasteiger partial charge is 0.298 e. The molecule has 0 amide bonds. The maximum atomic E-state index is 10.5. The van der Waals surface area contributed by atoms with E-state index in [4.69, 9.17) is 0 Å².